The molecule has 4 rings (SSSR count). The highest BCUT2D eigenvalue weighted by atomic mass is 28.4. The molecule has 1 N–H and O–H groups in total. The third-order valence-corrected chi connectivity index (χ3v) is 11.8. The van der Waals surface area contributed by atoms with Crippen LogP contribution in [0, 0.1) is 0 Å². The number of epoxide rings is 1. The van der Waals surface area contributed by atoms with Gasteiger partial charge in [-0.25, -0.2) is 0 Å². The van der Waals surface area contributed by atoms with Crippen molar-refractivity contribution in [2.24, 2.45) is 0 Å². The second-order valence-electron chi connectivity index (χ2n) is 9.86. The summed E-state index contributed by atoms with van der Waals surface area (Å²) >= 11 is 0. The number of hydrogen-bond acceptors (Lipinski definition) is 4. The smallest absolute Gasteiger partial charge is 0.261 e. The molecule has 2 aromatic rings. The first-order valence-corrected chi connectivity index (χ1v) is 13.5. The monoisotopic (exact) mass is 440 g/mol. The van der Waals surface area contributed by atoms with E-state index in [9.17, 15) is 5.11 Å². The van der Waals surface area contributed by atoms with Gasteiger partial charge in [0.25, 0.3) is 8.32 Å². The quantitative estimate of drug-likeness (QED) is 0.527. The van der Waals surface area contributed by atoms with Crippen LogP contribution in [0.25, 0.3) is 0 Å². The first kappa shape index (κ1) is 22.7. The lowest BCUT2D eigenvalue weighted by atomic mass is 10.0. The maximum absolute atomic E-state index is 9.43. The van der Waals surface area contributed by atoms with Crippen molar-refractivity contribution in [3.63, 3.8) is 0 Å². The molecule has 0 unspecified atom stereocenters. The van der Waals surface area contributed by atoms with E-state index in [4.69, 9.17) is 13.9 Å². The molecule has 2 saturated heterocycles. The molecule has 2 aliphatic rings. The van der Waals surface area contributed by atoms with Gasteiger partial charge in [0.1, 0.15) is 6.10 Å². The number of aliphatic hydroxyl groups excluding tert-OH is 1. The van der Waals surface area contributed by atoms with Crippen LogP contribution in [-0.4, -0.2) is 51.1 Å². The van der Waals surface area contributed by atoms with Crippen LogP contribution in [0.5, 0.6) is 0 Å². The van der Waals surface area contributed by atoms with Crippen molar-refractivity contribution in [1.29, 1.82) is 0 Å². The second-order valence-corrected chi connectivity index (χ2v) is 14.1. The molecule has 0 aliphatic carbocycles. The summed E-state index contributed by atoms with van der Waals surface area (Å²) in [7, 11) is -2.63. The van der Waals surface area contributed by atoms with Crippen LogP contribution in [0.4, 0.5) is 0 Å². The zero-order valence-corrected chi connectivity index (χ0v) is 20.0. The normalized spacial score (nSPS) is 27.0. The molecule has 2 heterocycles. The fourth-order valence-corrected chi connectivity index (χ4v) is 9.76. The largest absolute Gasteiger partial charge is 0.402 e. The van der Waals surface area contributed by atoms with Crippen molar-refractivity contribution in [1.82, 2.24) is 0 Å². The van der Waals surface area contributed by atoms with Gasteiger partial charge in [0.2, 0.25) is 0 Å². The molecule has 0 bridgehead atoms. The van der Waals surface area contributed by atoms with Crippen LogP contribution < -0.4 is 10.4 Å². The van der Waals surface area contributed by atoms with Gasteiger partial charge >= 0.3 is 0 Å². The standard InChI is InChI=1S/C26H36O4Si/c1-26(2,3)31(20-12-6-4-7-13-20,21-14-8-5-9-15-21)30-22-16-10-11-17-28-23(22)18-24-25(19-27)29-24/h4-9,12-15,22-25,27H,10-11,16-19H2,1-3H3/t22-,23+,24+,25-/m1/s1. The molecule has 4 nitrogen and oxygen atoms in total. The Morgan fingerprint density at radius 1 is 0.903 bits per heavy atom. The average molecular weight is 441 g/mol. The molecule has 0 radical (unpaired) electrons. The Labute approximate surface area is 187 Å². The molecule has 2 aliphatic heterocycles. The van der Waals surface area contributed by atoms with E-state index in [-0.39, 0.29) is 36.1 Å². The summed E-state index contributed by atoms with van der Waals surface area (Å²) in [6, 6.07) is 21.6. The number of ether oxygens (including phenoxy) is 2. The van der Waals surface area contributed by atoms with E-state index >= 15 is 0 Å². The second kappa shape index (κ2) is 9.55. The molecule has 4 atom stereocenters. The molecule has 168 valence electrons. The lowest BCUT2D eigenvalue weighted by Gasteiger charge is -2.46. The van der Waals surface area contributed by atoms with Crippen LogP contribution in [0.1, 0.15) is 46.5 Å². The molecule has 2 aromatic carbocycles. The van der Waals surface area contributed by atoms with Crippen molar-refractivity contribution >= 4 is 18.7 Å². The van der Waals surface area contributed by atoms with E-state index in [1.807, 2.05) is 0 Å². The van der Waals surface area contributed by atoms with Gasteiger partial charge in [-0.3, -0.25) is 0 Å². The number of aliphatic hydroxyl groups is 1. The van der Waals surface area contributed by atoms with Crippen LogP contribution in [0.3, 0.4) is 0 Å². The van der Waals surface area contributed by atoms with E-state index in [0.29, 0.717) is 0 Å². The van der Waals surface area contributed by atoms with Gasteiger partial charge in [-0.1, -0.05) is 81.4 Å². The number of benzene rings is 2. The Bertz CT molecular complexity index is 781. The third-order valence-electron chi connectivity index (χ3n) is 6.71. The SMILES string of the molecule is CC(C)(C)[Si](O[C@@H]1CCCCO[C@H]1C[C@@H]1O[C@@H]1CO)(c1ccccc1)c1ccccc1. The van der Waals surface area contributed by atoms with Crippen molar-refractivity contribution in [2.45, 2.75) is 75.9 Å². The number of rotatable bonds is 7. The van der Waals surface area contributed by atoms with Gasteiger partial charge in [-0.05, 0) is 34.7 Å². The predicted molar refractivity (Wildman–Crippen MR) is 126 cm³/mol. The molecule has 0 saturated carbocycles. The van der Waals surface area contributed by atoms with E-state index in [2.05, 4.69) is 81.4 Å². The molecule has 0 amide bonds. The Hall–Kier alpha value is -1.50. The summed E-state index contributed by atoms with van der Waals surface area (Å²) in [4.78, 5) is 0. The van der Waals surface area contributed by atoms with E-state index in [1.54, 1.807) is 0 Å². The maximum Gasteiger partial charge on any atom is 0.261 e. The first-order valence-electron chi connectivity index (χ1n) is 11.6. The summed E-state index contributed by atoms with van der Waals surface area (Å²) in [6.07, 6.45) is 3.99. The predicted octanol–water partition coefficient (Wildman–Crippen LogP) is 3.65. The minimum absolute atomic E-state index is 0.00861. The van der Waals surface area contributed by atoms with Gasteiger partial charge in [-0.2, -0.15) is 0 Å². The zero-order valence-electron chi connectivity index (χ0n) is 19.0. The first-order chi connectivity index (χ1) is 15.0. The van der Waals surface area contributed by atoms with Gasteiger partial charge in [0.15, 0.2) is 0 Å². The van der Waals surface area contributed by atoms with Crippen LogP contribution in [-0.2, 0) is 13.9 Å². The van der Waals surface area contributed by atoms with Gasteiger partial charge in [0, 0.05) is 13.0 Å². The fraction of sp³-hybridized carbons (Fsp3) is 0.538. The van der Waals surface area contributed by atoms with Crippen LogP contribution in [0.2, 0.25) is 5.04 Å². The number of hydrogen-bond donors (Lipinski definition) is 1. The maximum atomic E-state index is 9.43. The molecular formula is C26H36O4Si. The van der Waals surface area contributed by atoms with E-state index < -0.39 is 8.32 Å². The van der Waals surface area contributed by atoms with Gasteiger partial charge < -0.3 is 19.0 Å². The van der Waals surface area contributed by atoms with Gasteiger partial charge in [0.05, 0.1) is 24.9 Å². The topological polar surface area (TPSA) is 51.2 Å². The summed E-state index contributed by atoms with van der Waals surface area (Å²) in [5.41, 5.74) is 0. The lowest BCUT2D eigenvalue weighted by Crippen LogP contribution is -2.68. The zero-order chi connectivity index (χ0) is 21.9. The fourth-order valence-electron chi connectivity index (χ4n) is 5.02. The van der Waals surface area contributed by atoms with E-state index in [1.165, 1.54) is 10.4 Å². The minimum Gasteiger partial charge on any atom is -0.402 e. The summed E-state index contributed by atoms with van der Waals surface area (Å²) in [5, 5.41) is 12.0. The highest BCUT2D eigenvalue weighted by molar-refractivity contribution is 6.99. The Morgan fingerprint density at radius 3 is 2.03 bits per heavy atom. The van der Waals surface area contributed by atoms with Crippen molar-refractivity contribution in [2.75, 3.05) is 13.2 Å². The lowest BCUT2D eigenvalue weighted by molar-refractivity contribution is -0.0254. The molecule has 5 heteroatoms. The van der Waals surface area contributed by atoms with Crippen LogP contribution >= 0.6 is 0 Å². The molecule has 2 fully saturated rings. The van der Waals surface area contributed by atoms with E-state index in [0.717, 1.165) is 32.3 Å². The summed E-state index contributed by atoms with van der Waals surface area (Å²) in [6.45, 7) is 7.80. The molecular weight excluding hydrogens is 404 g/mol. The molecule has 0 aromatic heterocycles. The van der Waals surface area contributed by atoms with Crippen LogP contribution in [0.15, 0.2) is 60.7 Å². The third kappa shape index (κ3) is 4.81. The average Bonchev–Trinajstić information content (AvgIpc) is 3.56. The molecule has 0 spiro atoms. The van der Waals surface area contributed by atoms with Gasteiger partial charge in [-0.15, -0.1) is 0 Å². The highest BCUT2D eigenvalue weighted by Crippen LogP contribution is 2.40. The Morgan fingerprint density at radius 2 is 1.52 bits per heavy atom. The Kier molecular flexibility index (Phi) is 6.99. The molecule has 31 heavy (non-hydrogen) atoms. The summed E-state index contributed by atoms with van der Waals surface area (Å²) < 4.78 is 19.4. The van der Waals surface area contributed by atoms with Crippen molar-refractivity contribution < 1.29 is 19.0 Å². The van der Waals surface area contributed by atoms with Crippen molar-refractivity contribution in [3.8, 4) is 0 Å². The summed E-state index contributed by atoms with van der Waals surface area (Å²) in [5.74, 6) is 0. The Balaban J connectivity index is 1.74. The highest BCUT2D eigenvalue weighted by Gasteiger charge is 2.53. The van der Waals surface area contributed by atoms with Crippen molar-refractivity contribution in [3.05, 3.63) is 60.7 Å². The minimum atomic E-state index is -2.63.